The second kappa shape index (κ2) is 11.0. The van der Waals surface area contributed by atoms with Crippen molar-refractivity contribution in [3.05, 3.63) is 95.1 Å². The van der Waals surface area contributed by atoms with Crippen LogP contribution in [-0.2, 0) is 18.2 Å². The molecule has 1 amide bonds. The molecule has 0 unspecified atom stereocenters. The van der Waals surface area contributed by atoms with E-state index < -0.39 is 0 Å². The summed E-state index contributed by atoms with van der Waals surface area (Å²) >= 11 is 0. The van der Waals surface area contributed by atoms with E-state index >= 15 is 0 Å². The number of amides is 1. The second-order valence-electron chi connectivity index (χ2n) is 10.5. The first-order valence-corrected chi connectivity index (χ1v) is 13.6. The average Bonchev–Trinajstić information content (AvgIpc) is 3.40. The Labute approximate surface area is 233 Å². The predicted octanol–water partition coefficient (Wildman–Crippen LogP) is 3.69. The number of benzene rings is 2. The number of carbonyl (C=O) groups excluding carboxylic acids is 2. The van der Waals surface area contributed by atoms with Gasteiger partial charge in [-0.15, -0.1) is 0 Å². The number of morpholine rings is 1. The van der Waals surface area contributed by atoms with Crippen LogP contribution in [0.15, 0.2) is 67.3 Å². The number of likely N-dealkylation sites (tertiary alicyclic amines) is 1. The summed E-state index contributed by atoms with van der Waals surface area (Å²) in [4.78, 5) is 39.0. The van der Waals surface area contributed by atoms with Crippen LogP contribution in [0.25, 0.3) is 11.1 Å². The van der Waals surface area contributed by atoms with Crippen molar-refractivity contribution in [2.24, 2.45) is 7.05 Å². The van der Waals surface area contributed by atoms with Crippen LogP contribution in [0, 0.1) is 6.92 Å². The number of ether oxygens (including phenoxy) is 1. The van der Waals surface area contributed by atoms with E-state index in [1.54, 1.807) is 17.1 Å². The highest BCUT2D eigenvalue weighted by Gasteiger charge is 2.32. The molecule has 9 heteroatoms. The van der Waals surface area contributed by atoms with Crippen LogP contribution in [0.3, 0.4) is 0 Å². The van der Waals surface area contributed by atoms with Gasteiger partial charge in [-0.2, -0.15) is 5.10 Å². The highest BCUT2D eigenvalue weighted by Crippen LogP contribution is 2.30. The molecule has 2 aliphatic heterocycles. The molecule has 2 aromatic carbocycles. The van der Waals surface area contributed by atoms with Gasteiger partial charge in [0.15, 0.2) is 5.78 Å². The van der Waals surface area contributed by atoms with Gasteiger partial charge in [-0.25, -0.2) is 9.97 Å². The van der Waals surface area contributed by atoms with Crippen molar-refractivity contribution in [1.82, 2.24) is 24.6 Å². The Morgan fingerprint density at radius 2 is 1.65 bits per heavy atom. The summed E-state index contributed by atoms with van der Waals surface area (Å²) in [5, 5.41) is 4.24. The van der Waals surface area contributed by atoms with E-state index in [-0.39, 0.29) is 18.1 Å². The molecule has 2 saturated heterocycles. The van der Waals surface area contributed by atoms with Crippen molar-refractivity contribution in [2.45, 2.75) is 19.3 Å². The molecule has 4 aromatic rings. The fourth-order valence-electron chi connectivity index (χ4n) is 5.22. The first-order chi connectivity index (χ1) is 19.4. The molecule has 0 N–H and O–H groups in total. The Kier molecular flexibility index (Phi) is 7.13. The van der Waals surface area contributed by atoms with E-state index in [4.69, 9.17) is 4.74 Å². The first-order valence-electron chi connectivity index (χ1n) is 13.6. The number of ketones is 1. The van der Waals surface area contributed by atoms with E-state index in [0.717, 1.165) is 35.3 Å². The molecule has 2 fully saturated rings. The normalized spacial score (nSPS) is 15.7. The second-order valence-corrected chi connectivity index (χ2v) is 10.5. The molecule has 40 heavy (non-hydrogen) atoms. The highest BCUT2D eigenvalue weighted by molar-refractivity contribution is 5.98. The van der Waals surface area contributed by atoms with E-state index in [0.29, 0.717) is 49.3 Å². The maximum absolute atomic E-state index is 13.3. The molecule has 0 spiro atoms. The third-order valence-corrected chi connectivity index (χ3v) is 7.79. The Bertz CT molecular complexity index is 1520. The molecule has 2 aromatic heterocycles. The van der Waals surface area contributed by atoms with E-state index in [2.05, 4.69) is 44.2 Å². The number of aromatic nitrogens is 4. The smallest absolute Gasteiger partial charge is 0.253 e. The minimum Gasteiger partial charge on any atom is -0.378 e. The minimum absolute atomic E-state index is 0.00451. The molecule has 2 aliphatic rings. The summed E-state index contributed by atoms with van der Waals surface area (Å²) in [5.41, 5.74) is 6.35. The van der Waals surface area contributed by atoms with Gasteiger partial charge in [-0.05, 0) is 41.3 Å². The zero-order valence-electron chi connectivity index (χ0n) is 22.8. The third kappa shape index (κ3) is 5.37. The van der Waals surface area contributed by atoms with Crippen LogP contribution in [0.1, 0.15) is 43.3 Å². The van der Waals surface area contributed by atoms with Gasteiger partial charge in [0.25, 0.3) is 5.91 Å². The van der Waals surface area contributed by atoms with E-state index in [1.807, 2.05) is 49.5 Å². The number of nitrogens with zero attached hydrogens (tertiary/aromatic N) is 6. The van der Waals surface area contributed by atoms with Crippen LogP contribution in [-0.4, -0.2) is 75.7 Å². The van der Waals surface area contributed by atoms with Crippen molar-refractivity contribution >= 4 is 17.6 Å². The lowest BCUT2D eigenvalue weighted by Crippen LogP contribution is -2.48. The summed E-state index contributed by atoms with van der Waals surface area (Å²) in [7, 11) is 1.91. The SMILES string of the molecule is Cc1ccc(C(=O)N2CC(c3ccc(-c4cnn(C)c4)cc3)C2)cc1CC(=O)c1cnc(N2CCOCC2)nc1. The van der Waals surface area contributed by atoms with Crippen LogP contribution in [0.2, 0.25) is 0 Å². The number of hydrogen-bond donors (Lipinski definition) is 0. The summed E-state index contributed by atoms with van der Waals surface area (Å²) in [6.45, 7) is 6.10. The molecule has 4 heterocycles. The molecule has 0 aliphatic carbocycles. The zero-order chi connectivity index (χ0) is 27.6. The van der Waals surface area contributed by atoms with Crippen molar-refractivity contribution in [3.63, 3.8) is 0 Å². The van der Waals surface area contributed by atoms with Crippen LogP contribution in [0.4, 0.5) is 5.95 Å². The Morgan fingerprint density at radius 3 is 2.33 bits per heavy atom. The number of Topliss-reactive ketones (excluding diaryl/α,β-unsaturated/α-hetero) is 1. The quantitative estimate of drug-likeness (QED) is 0.333. The largest absolute Gasteiger partial charge is 0.378 e. The Morgan fingerprint density at radius 1 is 0.925 bits per heavy atom. The summed E-state index contributed by atoms with van der Waals surface area (Å²) in [6.07, 6.45) is 7.23. The molecular weight excluding hydrogens is 504 g/mol. The van der Waals surface area contributed by atoms with Gasteiger partial charge in [0.2, 0.25) is 5.95 Å². The molecule has 9 nitrogen and oxygen atoms in total. The lowest BCUT2D eigenvalue weighted by Gasteiger charge is -2.39. The fraction of sp³-hybridized carbons (Fsp3) is 0.323. The summed E-state index contributed by atoms with van der Waals surface area (Å²) in [5.74, 6) is 0.856. The molecule has 0 radical (unpaired) electrons. The Hall–Kier alpha value is -4.37. The monoisotopic (exact) mass is 536 g/mol. The lowest BCUT2D eigenvalue weighted by atomic mass is 9.89. The topological polar surface area (TPSA) is 93.5 Å². The average molecular weight is 537 g/mol. The zero-order valence-corrected chi connectivity index (χ0v) is 22.8. The van der Waals surface area contributed by atoms with Crippen LogP contribution in [0.5, 0.6) is 0 Å². The van der Waals surface area contributed by atoms with Gasteiger partial charge in [0, 0.05) is 75.3 Å². The molecule has 204 valence electrons. The van der Waals surface area contributed by atoms with Gasteiger partial charge in [0.1, 0.15) is 0 Å². The standard InChI is InChI=1S/C31H32N6O3/c1-21-3-4-24(13-25(21)14-29(38)26-15-32-31(33-16-26)36-9-11-40-12-10-36)30(39)37-19-28(20-37)23-7-5-22(6-8-23)27-17-34-35(2)18-27/h3-8,13,15-18,28H,9-12,14,19-20H2,1-2H3. The van der Waals surface area contributed by atoms with Crippen LogP contribution < -0.4 is 4.90 Å². The van der Waals surface area contributed by atoms with Crippen molar-refractivity contribution in [3.8, 4) is 11.1 Å². The minimum atomic E-state index is -0.0695. The number of carbonyl (C=O) groups is 2. The summed E-state index contributed by atoms with van der Waals surface area (Å²) in [6, 6.07) is 14.1. The molecule has 0 saturated carbocycles. The van der Waals surface area contributed by atoms with Gasteiger partial charge < -0.3 is 14.5 Å². The fourth-order valence-corrected chi connectivity index (χ4v) is 5.22. The summed E-state index contributed by atoms with van der Waals surface area (Å²) < 4.78 is 7.17. The van der Waals surface area contributed by atoms with Gasteiger partial charge in [0.05, 0.1) is 25.0 Å². The predicted molar refractivity (Wildman–Crippen MR) is 152 cm³/mol. The van der Waals surface area contributed by atoms with Gasteiger partial charge >= 0.3 is 0 Å². The maximum Gasteiger partial charge on any atom is 0.253 e. The number of aryl methyl sites for hydroxylation is 2. The number of hydrogen-bond acceptors (Lipinski definition) is 7. The number of anilines is 1. The van der Waals surface area contributed by atoms with Crippen molar-refractivity contribution in [2.75, 3.05) is 44.3 Å². The van der Waals surface area contributed by atoms with Gasteiger partial charge in [-0.3, -0.25) is 14.3 Å². The molecule has 0 bridgehead atoms. The maximum atomic E-state index is 13.3. The number of rotatable bonds is 7. The van der Waals surface area contributed by atoms with Crippen molar-refractivity contribution in [1.29, 1.82) is 0 Å². The first kappa shape index (κ1) is 25.9. The Balaban J connectivity index is 1.07. The highest BCUT2D eigenvalue weighted by atomic mass is 16.5. The molecule has 0 atom stereocenters. The third-order valence-electron chi connectivity index (χ3n) is 7.79. The molecular formula is C31H32N6O3. The van der Waals surface area contributed by atoms with Gasteiger partial charge in [-0.1, -0.05) is 30.3 Å². The molecule has 6 rings (SSSR count). The van der Waals surface area contributed by atoms with E-state index in [1.165, 1.54) is 5.56 Å². The van der Waals surface area contributed by atoms with Crippen molar-refractivity contribution < 1.29 is 14.3 Å². The van der Waals surface area contributed by atoms with E-state index in [9.17, 15) is 9.59 Å². The van der Waals surface area contributed by atoms with Crippen LogP contribution >= 0.6 is 0 Å². The lowest BCUT2D eigenvalue weighted by molar-refractivity contribution is 0.0602.